The molecule has 10 nitrogen and oxygen atoms in total. The zero-order valence-electron chi connectivity index (χ0n) is 21.3. The molecule has 0 saturated carbocycles. The molecule has 0 aromatic heterocycles. The number of urea groups is 1. The highest BCUT2D eigenvalue weighted by atomic mass is 16.7. The molecule has 0 spiro atoms. The molecule has 2 aliphatic rings. The van der Waals surface area contributed by atoms with Gasteiger partial charge in [-0.25, -0.2) is 19.2 Å². The van der Waals surface area contributed by atoms with Gasteiger partial charge in [0.15, 0.2) is 18.4 Å². The molecule has 2 heterocycles. The van der Waals surface area contributed by atoms with Crippen molar-refractivity contribution >= 4 is 23.9 Å². The van der Waals surface area contributed by atoms with E-state index in [1.807, 2.05) is 0 Å². The van der Waals surface area contributed by atoms with Gasteiger partial charge in [0.2, 0.25) is 0 Å². The van der Waals surface area contributed by atoms with Gasteiger partial charge in [-0.1, -0.05) is 54.6 Å². The van der Waals surface area contributed by atoms with Crippen molar-refractivity contribution in [2.45, 2.75) is 24.5 Å². The van der Waals surface area contributed by atoms with E-state index in [0.717, 1.165) is 0 Å². The van der Waals surface area contributed by atoms with Crippen molar-refractivity contribution in [1.82, 2.24) is 10.2 Å². The Labute approximate surface area is 230 Å². The molecular formula is C30H26N2O8. The molecule has 2 unspecified atom stereocenters. The average molecular weight is 543 g/mol. The highest BCUT2D eigenvalue weighted by Gasteiger charge is 2.53. The van der Waals surface area contributed by atoms with Crippen LogP contribution in [-0.4, -0.2) is 66.5 Å². The van der Waals surface area contributed by atoms with Crippen LogP contribution in [0.15, 0.2) is 103 Å². The van der Waals surface area contributed by atoms with Crippen LogP contribution in [-0.2, 0) is 18.9 Å². The largest absolute Gasteiger partial charge is 0.459 e. The molecular weight excluding hydrogens is 516 g/mol. The topological polar surface area (TPSA) is 120 Å². The zero-order valence-corrected chi connectivity index (χ0v) is 21.3. The van der Waals surface area contributed by atoms with Crippen LogP contribution in [0.1, 0.15) is 31.1 Å². The van der Waals surface area contributed by atoms with Crippen LogP contribution < -0.4 is 5.32 Å². The highest BCUT2D eigenvalue weighted by Crippen LogP contribution is 2.32. The first-order valence-electron chi connectivity index (χ1n) is 12.6. The lowest BCUT2D eigenvalue weighted by atomic mass is 10.1. The normalized spacial score (nSPS) is 21.8. The summed E-state index contributed by atoms with van der Waals surface area (Å²) in [4.78, 5) is 53.0. The third kappa shape index (κ3) is 6.02. The van der Waals surface area contributed by atoms with Gasteiger partial charge >= 0.3 is 23.9 Å². The molecule has 40 heavy (non-hydrogen) atoms. The van der Waals surface area contributed by atoms with E-state index in [4.69, 9.17) is 18.9 Å². The second-order valence-corrected chi connectivity index (χ2v) is 9.01. The first kappa shape index (κ1) is 26.6. The number of hydrogen-bond acceptors (Lipinski definition) is 8. The summed E-state index contributed by atoms with van der Waals surface area (Å²) >= 11 is 0. The Bertz CT molecular complexity index is 1380. The maximum Gasteiger partial charge on any atom is 0.338 e. The van der Waals surface area contributed by atoms with Crippen molar-refractivity contribution in [3.8, 4) is 0 Å². The van der Waals surface area contributed by atoms with Crippen LogP contribution in [0, 0.1) is 0 Å². The molecule has 0 bridgehead atoms. The van der Waals surface area contributed by atoms with E-state index in [1.165, 1.54) is 11.1 Å². The van der Waals surface area contributed by atoms with Gasteiger partial charge in [0.25, 0.3) is 0 Å². The highest BCUT2D eigenvalue weighted by molar-refractivity contribution is 5.91. The summed E-state index contributed by atoms with van der Waals surface area (Å²) in [6, 6.07) is 24.4. The van der Waals surface area contributed by atoms with E-state index in [1.54, 1.807) is 97.1 Å². The summed E-state index contributed by atoms with van der Waals surface area (Å²) in [6.45, 7) is -0.187. The Balaban J connectivity index is 1.45. The van der Waals surface area contributed by atoms with E-state index >= 15 is 0 Å². The smallest absolute Gasteiger partial charge is 0.338 e. The van der Waals surface area contributed by atoms with Crippen LogP contribution in [0.2, 0.25) is 0 Å². The van der Waals surface area contributed by atoms with Gasteiger partial charge in [-0.3, -0.25) is 4.90 Å². The molecule has 2 aliphatic heterocycles. The van der Waals surface area contributed by atoms with Crippen LogP contribution >= 0.6 is 0 Å². The Morgan fingerprint density at radius 2 is 1.25 bits per heavy atom. The maximum atomic E-state index is 13.1. The molecule has 4 atom stereocenters. The van der Waals surface area contributed by atoms with Gasteiger partial charge in [0.1, 0.15) is 12.7 Å². The summed E-state index contributed by atoms with van der Waals surface area (Å²) in [5.41, 5.74) is 0.844. The minimum atomic E-state index is -1.24. The molecule has 10 heteroatoms. The third-order valence-electron chi connectivity index (χ3n) is 6.37. The Morgan fingerprint density at radius 1 is 0.750 bits per heavy atom. The van der Waals surface area contributed by atoms with E-state index in [0.29, 0.717) is 5.56 Å². The van der Waals surface area contributed by atoms with Gasteiger partial charge in [0, 0.05) is 12.7 Å². The van der Waals surface area contributed by atoms with Crippen LogP contribution in [0.5, 0.6) is 0 Å². The number of carbonyl (C=O) groups is 4. The number of carbonyl (C=O) groups excluding carboxylic acids is 4. The predicted octanol–water partition coefficient (Wildman–Crippen LogP) is 3.56. The number of nitrogens with zero attached hydrogens (tertiary/aromatic N) is 1. The summed E-state index contributed by atoms with van der Waals surface area (Å²) < 4.78 is 23.4. The molecule has 3 aromatic carbocycles. The summed E-state index contributed by atoms with van der Waals surface area (Å²) in [6.07, 6.45) is -1.48. The van der Waals surface area contributed by atoms with Crippen molar-refractivity contribution in [3.05, 3.63) is 120 Å². The minimum absolute atomic E-state index is 0.145. The average Bonchev–Trinajstić information content (AvgIpc) is 3.33. The Morgan fingerprint density at radius 3 is 1.77 bits per heavy atom. The fourth-order valence-corrected chi connectivity index (χ4v) is 4.39. The summed E-state index contributed by atoms with van der Waals surface area (Å²) in [5.74, 6) is -2.01. The lowest BCUT2D eigenvalue weighted by Crippen LogP contribution is -2.53. The summed E-state index contributed by atoms with van der Waals surface area (Å²) in [7, 11) is 0. The van der Waals surface area contributed by atoms with Crippen LogP contribution in [0.3, 0.4) is 0 Å². The van der Waals surface area contributed by atoms with Crippen molar-refractivity contribution in [3.63, 3.8) is 0 Å². The lowest BCUT2D eigenvalue weighted by Gasteiger charge is -2.32. The molecule has 204 valence electrons. The van der Waals surface area contributed by atoms with Crippen LogP contribution in [0.4, 0.5) is 4.79 Å². The van der Waals surface area contributed by atoms with E-state index in [2.05, 4.69) is 5.32 Å². The third-order valence-corrected chi connectivity index (χ3v) is 6.37. The van der Waals surface area contributed by atoms with Crippen molar-refractivity contribution < 1.29 is 38.1 Å². The number of esters is 3. The van der Waals surface area contributed by atoms with Gasteiger partial charge in [-0.15, -0.1) is 0 Å². The second-order valence-electron chi connectivity index (χ2n) is 9.01. The Kier molecular flexibility index (Phi) is 8.17. The fraction of sp³-hybridized carbons (Fsp3) is 0.200. The molecule has 2 amide bonds. The predicted molar refractivity (Wildman–Crippen MR) is 141 cm³/mol. The number of amides is 2. The van der Waals surface area contributed by atoms with Crippen molar-refractivity contribution in [2.75, 3.05) is 13.2 Å². The number of ether oxygens (including phenoxy) is 4. The number of rotatable bonds is 8. The molecule has 1 saturated heterocycles. The molecule has 1 N–H and O–H groups in total. The molecule has 0 radical (unpaired) electrons. The van der Waals surface area contributed by atoms with E-state index in [9.17, 15) is 19.2 Å². The second kappa shape index (κ2) is 12.3. The first-order chi connectivity index (χ1) is 19.5. The number of nitrogens with one attached hydrogen (secondary N) is 1. The molecule has 3 aromatic rings. The summed E-state index contributed by atoms with van der Waals surface area (Å²) in [5, 5.41) is 2.58. The minimum Gasteiger partial charge on any atom is -0.459 e. The fourth-order valence-electron chi connectivity index (χ4n) is 4.39. The zero-order chi connectivity index (χ0) is 27.9. The first-order valence-corrected chi connectivity index (χ1v) is 12.6. The standard InChI is InChI=1S/C30H26N2O8/c33-27(20-11-4-1-5-12-20)37-19-23-24(39-28(34)21-13-6-2-7-14-21)25(40-29(35)22-15-8-3-9-16-22)26(38-23)32-18-10-17-31-30(32)36/h1-17,23-26H,18-19H2,(H,31,36)/t23-,24?,25?,26-/m1/s1. The maximum absolute atomic E-state index is 13.1. The monoisotopic (exact) mass is 542 g/mol. The lowest BCUT2D eigenvalue weighted by molar-refractivity contribution is -0.0827. The number of hydrogen-bond donors (Lipinski definition) is 1. The van der Waals surface area contributed by atoms with Crippen molar-refractivity contribution in [2.24, 2.45) is 0 Å². The van der Waals surface area contributed by atoms with Gasteiger partial charge < -0.3 is 24.3 Å². The van der Waals surface area contributed by atoms with E-state index < -0.39 is 48.5 Å². The quantitative estimate of drug-likeness (QED) is 0.339. The molecule has 1 fully saturated rings. The SMILES string of the molecule is O=C(OC[C@H]1O[C@@H](N2CC=CNC2=O)C(OC(=O)c2ccccc2)C1OC(=O)c1ccccc1)c1ccccc1. The van der Waals surface area contributed by atoms with Crippen LogP contribution in [0.25, 0.3) is 0 Å². The van der Waals surface area contributed by atoms with Gasteiger partial charge in [0.05, 0.1) is 16.7 Å². The Hall–Kier alpha value is -4.96. The number of benzene rings is 3. The van der Waals surface area contributed by atoms with E-state index in [-0.39, 0.29) is 24.3 Å². The van der Waals surface area contributed by atoms with Gasteiger partial charge in [-0.05, 0) is 42.5 Å². The van der Waals surface area contributed by atoms with Gasteiger partial charge in [-0.2, -0.15) is 0 Å². The van der Waals surface area contributed by atoms with Crippen molar-refractivity contribution in [1.29, 1.82) is 0 Å². The molecule has 0 aliphatic carbocycles. The molecule has 5 rings (SSSR count).